The summed E-state index contributed by atoms with van der Waals surface area (Å²) in [6.07, 6.45) is -3.02. The lowest BCUT2D eigenvalue weighted by atomic mass is 10.1. The Kier molecular flexibility index (Phi) is 4.27. The number of nitrogens with one attached hydrogen (secondary N) is 2. The lowest BCUT2D eigenvalue weighted by Gasteiger charge is -2.12. The van der Waals surface area contributed by atoms with E-state index in [9.17, 15) is 13.6 Å². The monoisotopic (exact) mass is 296 g/mol. The van der Waals surface area contributed by atoms with E-state index in [1.807, 2.05) is 0 Å². The third-order valence-corrected chi connectivity index (χ3v) is 3.04. The van der Waals surface area contributed by atoms with Crippen molar-refractivity contribution in [1.82, 2.24) is 10.4 Å². The molecule has 2 rings (SSSR count). The molecular formula is C13H14F2N4O2. The number of nitrogens with zero attached hydrogens (tertiary/aromatic N) is 2. The molecule has 21 heavy (non-hydrogen) atoms. The van der Waals surface area contributed by atoms with E-state index < -0.39 is 12.3 Å². The molecule has 112 valence electrons. The number of ether oxygens (including phenoxy) is 1. The maximum Gasteiger partial charge on any atom is 0.312 e. The van der Waals surface area contributed by atoms with E-state index in [0.717, 1.165) is 5.56 Å². The Labute approximate surface area is 119 Å². The quantitative estimate of drug-likeness (QED) is 0.654. The Hall–Kier alpha value is -2.35. The van der Waals surface area contributed by atoms with E-state index in [-0.39, 0.29) is 11.8 Å². The van der Waals surface area contributed by atoms with Gasteiger partial charge in [-0.05, 0) is 17.7 Å². The summed E-state index contributed by atoms with van der Waals surface area (Å²) < 4.78 is 29.4. The van der Waals surface area contributed by atoms with Crippen LogP contribution in [0.4, 0.5) is 8.78 Å². The number of amides is 1. The van der Waals surface area contributed by atoms with Crippen molar-refractivity contribution in [3.63, 3.8) is 0 Å². The van der Waals surface area contributed by atoms with Gasteiger partial charge < -0.3 is 4.74 Å². The van der Waals surface area contributed by atoms with Crippen LogP contribution in [-0.2, 0) is 11.3 Å². The fraction of sp³-hybridized carbons (Fsp3) is 0.308. The second kappa shape index (κ2) is 5.96. The molecule has 0 saturated heterocycles. The van der Waals surface area contributed by atoms with Crippen molar-refractivity contribution in [3.05, 3.63) is 34.9 Å². The molecule has 0 spiro atoms. The van der Waals surface area contributed by atoms with Gasteiger partial charge in [-0.1, -0.05) is 6.07 Å². The third-order valence-electron chi connectivity index (χ3n) is 3.04. The van der Waals surface area contributed by atoms with Crippen LogP contribution in [0.3, 0.4) is 0 Å². The molecule has 1 heterocycles. The number of fused-ring (bicyclic) bond motifs is 1. The van der Waals surface area contributed by atoms with Crippen LogP contribution in [-0.4, -0.2) is 43.2 Å². The maximum absolute atomic E-state index is 12.3. The molecule has 8 heteroatoms. The number of benzene rings is 1. The van der Waals surface area contributed by atoms with Gasteiger partial charge in [0.1, 0.15) is 0 Å². The summed E-state index contributed by atoms with van der Waals surface area (Å²) in [7, 11) is 3.00. The van der Waals surface area contributed by atoms with Crippen molar-refractivity contribution < 1.29 is 18.3 Å². The largest absolute Gasteiger partial charge is 0.419 e. The van der Waals surface area contributed by atoms with Crippen LogP contribution in [0.5, 0.6) is 0 Å². The normalized spacial score (nSPS) is 14.6. The summed E-state index contributed by atoms with van der Waals surface area (Å²) >= 11 is 0. The number of halogens is 2. The first-order valence-electron chi connectivity index (χ1n) is 6.11. The molecule has 0 radical (unpaired) electrons. The highest BCUT2D eigenvalue weighted by atomic mass is 19.3. The van der Waals surface area contributed by atoms with Crippen LogP contribution in [0.25, 0.3) is 0 Å². The van der Waals surface area contributed by atoms with Crippen molar-refractivity contribution in [2.24, 2.45) is 4.99 Å². The first-order valence-corrected chi connectivity index (χ1v) is 6.11. The van der Waals surface area contributed by atoms with Gasteiger partial charge in [0.25, 0.3) is 11.8 Å². The summed E-state index contributed by atoms with van der Waals surface area (Å²) in [5, 5.41) is 8.47. The van der Waals surface area contributed by atoms with Crippen LogP contribution in [0.1, 0.15) is 21.5 Å². The minimum atomic E-state index is -3.02. The number of alkyl halides is 2. The van der Waals surface area contributed by atoms with Crippen LogP contribution in [0, 0.1) is 5.41 Å². The minimum absolute atomic E-state index is 0.126. The Bertz CT molecular complexity index is 616. The van der Waals surface area contributed by atoms with Crippen LogP contribution < -0.4 is 5.43 Å². The van der Waals surface area contributed by atoms with E-state index in [1.165, 1.54) is 18.1 Å². The predicted octanol–water partition coefficient (Wildman–Crippen LogP) is 1.41. The molecule has 0 unspecified atom stereocenters. The zero-order valence-corrected chi connectivity index (χ0v) is 11.5. The van der Waals surface area contributed by atoms with Crippen molar-refractivity contribution in [2.45, 2.75) is 13.0 Å². The van der Waals surface area contributed by atoms with Gasteiger partial charge in [-0.2, -0.15) is 8.78 Å². The van der Waals surface area contributed by atoms with E-state index in [4.69, 9.17) is 10.1 Å². The number of aliphatic imine (C=N–C) groups is 1. The summed E-state index contributed by atoms with van der Waals surface area (Å²) in [5.74, 6) is -1.52. The van der Waals surface area contributed by atoms with Gasteiger partial charge in [-0.25, -0.2) is 5.43 Å². The number of hydrazine groups is 1. The first-order chi connectivity index (χ1) is 9.97. The number of hydrogen-bond acceptors (Lipinski definition) is 5. The highest BCUT2D eigenvalue weighted by Gasteiger charge is 2.27. The zero-order chi connectivity index (χ0) is 15.6. The molecule has 1 amide bonds. The molecule has 0 atom stereocenters. The maximum atomic E-state index is 12.3. The third kappa shape index (κ3) is 2.89. The number of carbonyl (C=O) groups excluding carboxylic acids is 1. The van der Waals surface area contributed by atoms with Crippen molar-refractivity contribution >= 4 is 17.7 Å². The molecule has 0 aromatic heterocycles. The second-order valence-electron chi connectivity index (χ2n) is 4.28. The van der Waals surface area contributed by atoms with E-state index in [1.54, 1.807) is 19.2 Å². The zero-order valence-electron chi connectivity index (χ0n) is 11.5. The molecule has 1 aromatic rings. The van der Waals surface area contributed by atoms with Gasteiger partial charge in [-0.15, -0.1) is 0 Å². The first kappa shape index (κ1) is 15.0. The Morgan fingerprint density at radius 2 is 2.24 bits per heavy atom. The van der Waals surface area contributed by atoms with Crippen LogP contribution in [0.2, 0.25) is 0 Å². The number of hydrogen-bond donors (Lipinski definition) is 2. The van der Waals surface area contributed by atoms with Gasteiger partial charge in [0.15, 0.2) is 0 Å². The van der Waals surface area contributed by atoms with Crippen molar-refractivity contribution in [3.8, 4) is 0 Å². The Morgan fingerprint density at radius 3 is 2.81 bits per heavy atom. The molecular weight excluding hydrogens is 282 g/mol. The molecule has 1 aliphatic heterocycles. The van der Waals surface area contributed by atoms with Gasteiger partial charge in [-0.3, -0.25) is 20.2 Å². The van der Waals surface area contributed by atoms with Gasteiger partial charge in [0, 0.05) is 25.2 Å². The molecule has 0 saturated carbocycles. The molecule has 6 nitrogen and oxygen atoms in total. The van der Waals surface area contributed by atoms with E-state index in [2.05, 4.69) is 10.4 Å². The topological polar surface area (TPSA) is 77.8 Å². The summed E-state index contributed by atoms with van der Waals surface area (Å²) in [6.45, 7) is 0.428. The highest BCUT2D eigenvalue weighted by Crippen LogP contribution is 2.23. The van der Waals surface area contributed by atoms with Crippen molar-refractivity contribution in [1.29, 1.82) is 5.41 Å². The van der Waals surface area contributed by atoms with Crippen LogP contribution >= 0.6 is 0 Å². The van der Waals surface area contributed by atoms with Crippen LogP contribution in [0.15, 0.2) is 23.2 Å². The highest BCUT2D eigenvalue weighted by molar-refractivity contribution is 6.05. The smallest absolute Gasteiger partial charge is 0.312 e. The van der Waals surface area contributed by atoms with Gasteiger partial charge in [0.2, 0.25) is 5.90 Å². The molecule has 1 aromatic carbocycles. The van der Waals surface area contributed by atoms with Gasteiger partial charge >= 0.3 is 6.43 Å². The van der Waals surface area contributed by atoms with Crippen molar-refractivity contribution in [2.75, 3.05) is 14.1 Å². The predicted molar refractivity (Wildman–Crippen MR) is 72.7 cm³/mol. The summed E-state index contributed by atoms with van der Waals surface area (Å²) in [4.78, 5) is 15.8. The fourth-order valence-electron chi connectivity index (χ4n) is 2.00. The number of carbonyl (C=O) groups is 1. The number of rotatable bonds is 3. The summed E-state index contributed by atoms with van der Waals surface area (Å²) in [5.41, 5.74) is 4.40. The standard InChI is InChI=1S/C13H14F2N4O2/c1-17-12(21-11(16)10(14)15)7-3-4-8-6-19(18-2)13(20)9(8)5-7/h3-5,10,16,18H,6H2,1-2H3. The Balaban J connectivity index is 2.29. The summed E-state index contributed by atoms with van der Waals surface area (Å²) in [6, 6.07) is 4.85. The molecule has 0 aliphatic carbocycles. The average Bonchev–Trinajstić information content (AvgIpc) is 2.80. The minimum Gasteiger partial charge on any atom is -0.419 e. The second-order valence-corrected chi connectivity index (χ2v) is 4.28. The van der Waals surface area contributed by atoms with E-state index >= 15 is 0 Å². The molecule has 1 aliphatic rings. The molecule has 2 N–H and O–H groups in total. The lowest BCUT2D eigenvalue weighted by Crippen LogP contribution is -2.34. The SMILES string of the molecule is CN=C(OC(=N)C(F)F)c1ccc2c(c1)C(=O)N(NC)C2. The van der Waals surface area contributed by atoms with E-state index in [0.29, 0.717) is 17.7 Å². The average molecular weight is 296 g/mol. The molecule has 0 fully saturated rings. The Morgan fingerprint density at radius 1 is 1.52 bits per heavy atom. The molecule has 0 bridgehead atoms. The van der Waals surface area contributed by atoms with Gasteiger partial charge in [0.05, 0.1) is 6.54 Å². The fourth-order valence-corrected chi connectivity index (χ4v) is 2.00. The lowest BCUT2D eigenvalue weighted by molar-refractivity contribution is 0.0706.